The number of rotatable bonds is 1. The predicted molar refractivity (Wildman–Crippen MR) is 53.0 cm³/mol. The van der Waals surface area contributed by atoms with Crippen LogP contribution in [0.15, 0.2) is 12.1 Å². The van der Waals surface area contributed by atoms with Crippen LogP contribution in [0.3, 0.4) is 0 Å². The van der Waals surface area contributed by atoms with E-state index >= 15 is 0 Å². The number of aryl methyl sites for hydroxylation is 1. The minimum Gasteiger partial charge on any atom is -0.347 e. The van der Waals surface area contributed by atoms with E-state index in [1.165, 1.54) is 0 Å². The molecule has 2 nitrogen and oxygen atoms in total. The fourth-order valence-electron chi connectivity index (χ4n) is 1.73. The van der Waals surface area contributed by atoms with Crippen molar-refractivity contribution in [3.8, 4) is 0 Å². The summed E-state index contributed by atoms with van der Waals surface area (Å²) in [5, 5.41) is 0.448. The fraction of sp³-hybridized carbons (Fsp3) is 0.182. The number of nitrogens with zero attached hydrogens (tertiary/aromatic N) is 1. The number of hydrogen-bond donors (Lipinski definition) is 0. The Balaban J connectivity index is 2.97. The highest BCUT2D eigenvalue weighted by Gasteiger charge is 2.14. The molecule has 0 unspecified atom stereocenters. The number of benzene rings is 1. The lowest BCUT2D eigenvalue weighted by Crippen LogP contribution is -1.92. The van der Waals surface area contributed by atoms with Crippen LogP contribution in [0.25, 0.3) is 10.9 Å². The molecule has 0 aliphatic rings. The Morgan fingerprint density at radius 2 is 1.87 bits per heavy atom. The summed E-state index contributed by atoms with van der Waals surface area (Å²) in [4.78, 5) is 10.8. The van der Waals surface area contributed by atoms with Crippen LogP contribution in [0.5, 0.6) is 0 Å². The fourth-order valence-corrected chi connectivity index (χ4v) is 1.73. The van der Waals surface area contributed by atoms with E-state index in [-0.39, 0.29) is 0 Å². The summed E-state index contributed by atoms with van der Waals surface area (Å²) in [5.41, 5.74) is 1.63. The summed E-state index contributed by atoms with van der Waals surface area (Å²) < 4.78 is 27.7. The van der Waals surface area contributed by atoms with Gasteiger partial charge in [0, 0.05) is 29.8 Å². The number of halogens is 2. The van der Waals surface area contributed by atoms with Gasteiger partial charge in [-0.2, -0.15) is 0 Å². The van der Waals surface area contributed by atoms with Gasteiger partial charge in [0.1, 0.15) is 0 Å². The van der Waals surface area contributed by atoms with Crippen LogP contribution in [0.1, 0.15) is 16.1 Å². The normalized spacial score (nSPS) is 10.9. The van der Waals surface area contributed by atoms with Crippen molar-refractivity contribution >= 4 is 17.2 Å². The average Bonchev–Trinajstić information content (AvgIpc) is 2.42. The monoisotopic (exact) mass is 209 g/mol. The molecular weight excluding hydrogens is 200 g/mol. The second-order valence-electron chi connectivity index (χ2n) is 3.46. The number of hydrogen-bond acceptors (Lipinski definition) is 1. The topological polar surface area (TPSA) is 22.0 Å². The third-order valence-corrected chi connectivity index (χ3v) is 2.70. The molecule has 1 aromatic heterocycles. The van der Waals surface area contributed by atoms with Crippen molar-refractivity contribution in [1.82, 2.24) is 4.57 Å². The Bertz CT molecular complexity index is 557. The minimum absolute atomic E-state index is 0.409. The van der Waals surface area contributed by atoms with E-state index in [2.05, 4.69) is 0 Å². The van der Waals surface area contributed by atoms with Gasteiger partial charge < -0.3 is 4.57 Å². The van der Waals surface area contributed by atoms with Crippen molar-refractivity contribution < 1.29 is 13.6 Å². The van der Waals surface area contributed by atoms with E-state index in [4.69, 9.17) is 0 Å². The molecule has 0 radical (unpaired) electrons. The Labute approximate surface area is 85.1 Å². The molecule has 0 spiro atoms. The molecule has 1 aromatic carbocycles. The van der Waals surface area contributed by atoms with E-state index in [0.717, 1.165) is 12.1 Å². The van der Waals surface area contributed by atoms with Gasteiger partial charge in [0.05, 0.1) is 5.52 Å². The lowest BCUT2D eigenvalue weighted by atomic mass is 10.1. The molecule has 0 fully saturated rings. The summed E-state index contributed by atoms with van der Waals surface area (Å²) in [6.45, 7) is 1.74. The van der Waals surface area contributed by atoms with Gasteiger partial charge in [0.2, 0.25) is 0 Å². The van der Waals surface area contributed by atoms with Crippen LogP contribution in [-0.2, 0) is 7.05 Å². The molecule has 0 saturated heterocycles. The maximum Gasteiger partial charge on any atom is 0.160 e. The molecule has 0 amide bonds. The molecule has 4 heteroatoms. The Morgan fingerprint density at radius 1 is 1.27 bits per heavy atom. The van der Waals surface area contributed by atoms with Gasteiger partial charge in [0.25, 0.3) is 0 Å². The Kier molecular flexibility index (Phi) is 2.07. The summed E-state index contributed by atoms with van der Waals surface area (Å²) in [6.07, 6.45) is 0.662. The second-order valence-corrected chi connectivity index (χ2v) is 3.46. The van der Waals surface area contributed by atoms with E-state index in [1.54, 1.807) is 18.5 Å². The first kappa shape index (κ1) is 9.83. The zero-order valence-electron chi connectivity index (χ0n) is 8.34. The molecule has 78 valence electrons. The van der Waals surface area contributed by atoms with Gasteiger partial charge >= 0.3 is 0 Å². The SMILES string of the molecule is Cc1c(C=O)c2cc(F)c(F)cc2n1C. The number of carbonyl (C=O) groups is 1. The van der Waals surface area contributed by atoms with Crippen molar-refractivity contribution in [2.75, 3.05) is 0 Å². The first-order chi connectivity index (χ1) is 7.06. The zero-order valence-corrected chi connectivity index (χ0v) is 8.34. The van der Waals surface area contributed by atoms with Crippen LogP contribution in [0, 0.1) is 18.6 Å². The van der Waals surface area contributed by atoms with E-state index in [1.807, 2.05) is 0 Å². The molecule has 0 bridgehead atoms. The van der Waals surface area contributed by atoms with Crippen LogP contribution in [0.4, 0.5) is 8.78 Å². The summed E-state index contributed by atoms with van der Waals surface area (Å²) in [6, 6.07) is 2.16. The van der Waals surface area contributed by atoms with Crippen molar-refractivity contribution in [3.05, 3.63) is 35.0 Å². The molecule has 0 N–H and O–H groups in total. The van der Waals surface area contributed by atoms with Crippen LogP contribution < -0.4 is 0 Å². The Morgan fingerprint density at radius 3 is 2.47 bits per heavy atom. The van der Waals surface area contributed by atoms with Gasteiger partial charge in [-0.05, 0) is 13.0 Å². The average molecular weight is 209 g/mol. The quantitative estimate of drug-likeness (QED) is 0.661. The van der Waals surface area contributed by atoms with Crippen LogP contribution in [0.2, 0.25) is 0 Å². The molecule has 0 aliphatic carbocycles. The highest BCUT2D eigenvalue weighted by molar-refractivity contribution is 5.99. The van der Waals surface area contributed by atoms with Crippen molar-refractivity contribution in [2.45, 2.75) is 6.92 Å². The van der Waals surface area contributed by atoms with E-state index in [0.29, 0.717) is 28.4 Å². The lowest BCUT2D eigenvalue weighted by Gasteiger charge is -1.98. The summed E-state index contributed by atoms with van der Waals surface area (Å²) >= 11 is 0. The van der Waals surface area contributed by atoms with Gasteiger partial charge in [-0.15, -0.1) is 0 Å². The predicted octanol–water partition coefficient (Wildman–Crippen LogP) is 2.58. The maximum absolute atomic E-state index is 13.0. The lowest BCUT2D eigenvalue weighted by molar-refractivity contribution is 0.112. The minimum atomic E-state index is -0.934. The number of aromatic nitrogens is 1. The molecule has 1 heterocycles. The number of carbonyl (C=O) groups excluding carboxylic acids is 1. The number of fused-ring (bicyclic) bond motifs is 1. The first-order valence-corrected chi connectivity index (χ1v) is 4.45. The molecule has 2 aromatic rings. The third kappa shape index (κ3) is 1.25. The van der Waals surface area contributed by atoms with E-state index in [9.17, 15) is 13.6 Å². The largest absolute Gasteiger partial charge is 0.347 e. The standard InChI is InChI=1S/C11H9F2NO/c1-6-8(5-15)7-3-9(12)10(13)4-11(7)14(6)2/h3-5H,1-2H3. The van der Waals surface area contributed by atoms with Gasteiger partial charge in [-0.1, -0.05) is 0 Å². The molecular formula is C11H9F2NO. The summed E-state index contributed by atoms with van der Waals surface area (Å²) in [5.74, 6) is -1.84. The zero-order chi connectivity index (χ0) is 11.2. The molecule has 2 rings (SSSR count). The summed E-state index contributed by atoms with van der Waals surface area (Å²) in [7, 11) is 1.71. The molecule has 0 saturated carbocycles. The molecule has 0 aliphatic heterocycles. The highest BCUT2D eigenvalue weighted by atomic mass is 19.2. The van der Waals surface area contributed by atoms with Gasteiger partial charge in [0.15, 0.2) is 17.9 Å². The highest BCUT2D eigenvalue weighted by Crippen LogP contribution is 2.25. The number of aldehydes is 1. The van der Waals surface area contributed by atoms with E-state index < -0.39 is 11.6 Å². The van der Waals surface area contributed by atoms with Gasteiger partial charge in [-0.3, -0.25) is 4.79 Å². The smallest absolute Gasteiger partial charge is 0.160 e. The third-order valence-electron chi connectivity index (χ3n) is 2.70. The van der Waals surface area contributed by atoms with Crippen LogP contribution >= 0.6 is 0 Å². The van der Waals surface area contributed by atoms with Crippen molar-refractivity contribution in [1.29, 1.82) is 0 Å². The second kappa shape index (κ2) is 3.15. The maximum atomic E-state index is 13.0. The van der Waals surface area contributed by atoms with Crippen LogP contribution in [-0.4, -0.2) is 10.9 Å². The Hall–Kier alpha value is -1.71. The molecule has 0 atom stereocenters. The van der Waals surface area contributed by atoms with Crippen molar-refractivity contribution in [3.63, 3.8) is 0 Å². The van der Waals surface area contributed by atoms with Gasteiger partial charge in [-0.25, -0.2) is 8.78 Å². The first-order valence-electron chi connectivity index (χ1n) is 4.45. The molecule has 15 heavy (non-hydrogen) atoms. The van der Waals surface area contributed by atoms with Crippen molar-refractivity contribution in [2.24, 2.45) is 7.05 Å².